The second-order valence-corrected chi connectivity index (χ2v) is 18.1. The van der Waals surface area contributed by atoms with E-state index in [0.717, 1.165) is 19.3 Å². The van der Waals surface area contributed by atoms with Gasteiger partial charge in [0.1, 0.15) is 0 Å². The number of anilines is 3. The minimum absolute atomic E-state index is 0.136. The molecule has 6 rings (SSSR count). The van der Waals surface area contributed by atoms with Crippen LogP contribution >= 0.6 is 0 Å². The zero-order chi connectivity index (χ0) is 36.8. The lowest BCUT2D eigenvalue weighted by molar-refractivity contribution is 0.215. The molecular weight excluding hydrogens is 621 g/mol. The summed E-state index contributed by atoms with van der Waals surface area (Å²) in [6.07, 6.45) is 10.9. The van der Waals surface area contributed by atoms with Gasteiger partial charge in [-0.3, -0.25) is 5.32 Å². The molecule has 3 aliphatic rings. The van der Waals surface area contributed by atoms with Gasteiger partial charge in [-0.15, -0.1) is 0 Å². The first-order chi connectivity index (χ1) is 24.0. The van der Waals surface area contributed by atoms with Gasteiger partial charge in [-0.25, -0.2) is 0 Å². The summed E-state index contributed by atoms with van der Waals surface area (Å²) >= 11 is 0. The molecule has 1 fully saturated rings. The fraction of sp³-hybridized carbons (Fsp3) is 0.447. The fourth-order valence-electron chi connectivity index (χ4n) is 8.15. The summed E-state index contributed by atoms with van der Waals surface area (Å²) in [4.78, 5) is 6.55. The highest BCUT2D eigenvalue weighted by atomic mass is 15.1. The molecule has 0 bridgehead atoms. The number of fused-ring (bicyclic) bond motifs is 2. The van der Waals surface area contributed by atoms with E-state index in [0.29, 0.717) is 11.8 Å². The first-order valence-corrected chi connectivity index (χ1v) is 18.9. The standard InChI is InChI=1S/C47H62N4/c1-46(2,3)36-27-34(25-31-13-19-38(20-14-31)49(7)8)44-41(29-36)43(33-17-23-40(24-18-33)51(11)12)42-30-37(47(4,5)6)28-35(45(42)48-44)26-32-15-21-39(22-16-32)50(9)10/h13-26,29,36-37,44-45,48H,27-28,30H2,1-12H3. The molecule has 1 heterocycles. The summed E-state index contributed by atoms with van der Waals surface area (Å²) in [5, 5.41) is 4.34. The van der Waals surface area contributed by atoms with Gasteiger partial charge in [0, 0.05) is 59.3 Å². The Balaban J connectivity index is 1.58. The molecule has 0 aromatic heterocycles. The highest BCUT2D eigenvalue weighted by Crippen LogP contribution is 2.52. The largest absolute Gasteiger partial charge is 0.378 e. The van der Waals surface area contributed by atoms with Crippen LogP contribution in [-0.2, 0) is 0 Å². The van der Waals surface area contributed by atoms with E-state index in [4.69, 9.17) is 0 Å². The second-order valence-electron chi connectivity index (χ2n) is 18.1. The minimum Gasteiger partial charge on any atom is -0.378 e. The molecule has 0 radical (unpaired) electrons. The molecule has 270 valence electrons. The molecule has 4 nitrogen and oxygen atoms in total. The van der Waals surface area contributed by atoms with Crippen molar-refractivity contribution in [1.29, 1.82) is 0 Å². The third-order valence-electron chi connectivity index (χ3n) is 11.7. The summed E-state index contributed by atoms with van der Waals surface area (Å²) in [7, 11) is 12.7. The summed E-state index contributed by atoms with van der Waals surface area (Å²) in [5.41, 5.74) is 15.4. The summed E-state index contributed by atoms with van der Waals surface area (Å²) in [6.45, 7) is 14.5. The van der Waals surface area contributed by atoms with E-state index in [9.17, 15) is 0 Å². The maximum Gasteiger partial charge on any atom is 0.0549 e. The Morgan fingerprint density at radius 3 is 1.43 bits per heavy atom. The molecule has 3 aromatic rings. The monoisotopic (exact) mass is 682 g/mol. The number of rotatable bonds is 6. The Labute approximate surface area is 309 Å². The van der Waals surface area contributed by atoms with E-state index in [2.05, 4.69) is 195 Å². The van der Waals surface area contributed by atoms with Gasteiger partial charge >= 0.3 is 0 Å². The third-order valence-corrected chi connectivity index (χ3v) is 11.7. The number of hydrogen-bond acceptors (Lipinski definition) is 4. The molecule has 51 heavy (non-hydrogen) atoms. The Morgan fingerprint density at radius 1 is 0.549 bits per heavy atom. The molecule has 0 amide bonds. The van der Waals surface area contributed by atoms with Gasteiger partial charge < -0.3 is 14.7 Å². The Morgan fingerprint density at radius 2 is 1.00 bits per heavy atom. The lowest BCUT2D eigenvalue weighted by atomic mass is 9.62. The van der Waals surface area contributed by atoms with Crippen molar-refractivity contribution in [2.24, 2.45) is 22.7 Å². The molecule has 4 unspecified atom stereocenters. The molecule has 4 atom stereocenters. The van der Waals surface area contributed by atoms with Crippen molar-refractivity contribution < 1.29 is 0 Å². The highest BCUT2D eigenvalue weighted by Gasteiger charge is 2.45. The lowest BCUT2D eigenvalue weighted by Gasteiger charge is -2.49. The first kappa shape index (κ1) is 36.8. The normalized spacial score (nSPS) is 23.9. The van der Waals surface area contributed by atoms with Crippen molar-refractivity contribution in [2.75, 3.05) is 57.0 Å². The van der Waals surface area contributed by atoms with Gasteiger partial charge in [0.25, 0.3) is 0 Å². The molecule has 4 heteroatoms. The number of nitrogens with one attached hydrogen (secondary N) is 1. The average molecular weight is 683 g/mol. The van der Waals surface area contributed by atoms with Crippen molar-refractivity contribution in [3.63, 3.8) is 0 Å². The van der Waals surface area contributed by atoms with Gasteiger partial charge in [0.2, 0.25) is 0 Å². The molecule has 0 saturated heterocycles. The summed E-state index contributed by atoms with van der Waals surface area (Å²) in [6, 6.07) is 27.8. The zero-order valence-corrected chi connectivity index (χ0v) is 33.4. The van der Waals surface area contributed by atoms with Crippen LogP contribution in [0.2, 0.25) is 0 Å². The number of allylic oxidation sites excluding steroid dienone is 1. The Hall–Kier alpha value is -4.02. The summed E-state index contributed by atoms with van der Waals surface area (Å²) < 4.78 is 0. The van der Waals surface area contributed by atoms with Gasteiger partial charge in [0.15, 0.2) is 0 Å². The second kappa shape index (κ2) is 14.2. The topological polar surface area (TPSA) is 21.8 Å². The van der Waals surface area contributed by atoms with E-state index >= 15 is 0 Å². The number of nitrogens with zero attached hydrogens (tertiary/aromatic N) is 3. The van der Waals surface area contributed by atoms with Gasteiger partial charge in [0.05, 0.1) is 12.1 Å². The van der Waals surface area contributed by atoms with Crippen LogP contribution in [0.3, 0.4) is 0 Å². The van der Waals surface area contributed by atoms with Crippen molar-refractivity contribution in [3.8, 4) is 0 Å². The minimum atomic E-state index is 0.136. The Kier molecular flexibility index (Phi) is 10.2. The maximum absolute atomic E-state index is 4.34. The predicted octanol–water partition coefficient (Wildman–Crippen LogP) is 10.6. The van der Waals surface area contributed by atoms with Crippen LogP contribution in [0.15, 0.2) is 101 Å². The van der Waals surface area contributed by atoms with Gasteiger partial charge in [-0.05, 0) is 123 Å². The lowest BCUT2D eigenvalue weighted by Crippen LogP contribution is -2.51. The first-order valence-electron chi connectivity index (χ1n) is 18.9. The number of hydrogen-bond donors (Lipinski definition) is 1. The van der Waals surface area contributed by atoms with Crippen LogP contribution in [0, 0.1) is 22.7 Å². The maximum atomic E-state index is 4.34. The van der Waals surface area contributed by atoms with Crippen LogP contribution in [0.25, 0.3) is 17.7 Å². The van der Waals surface area contributed by atoms with E-state index in [1.54, 1.807) is 5.57 Å². The molecule has 1 aliphatic heterocycles. The Bertz CT molecular complexity index is 1820. The van der Waals surface area contributed by atoms with Crippen molar-refractivity contribution in [3.05, 3.63) is 118 Å². The molecule has 1 N–H and O–H groups in total. The number of benzene rings is 3. The van der Waals surface area contributed by atoms with E-state index in [-0.39, 0.29) is 22.9 Å². The van der Waals surface area contributed by atoms with Crippen molar-refractivity contribution >= 4 is 34.8 Å². The summed E-state index contributed by atoms with van der Waals surface area (Å²) in [5.74, 6) is 0.969. The van der Waals surface area contributed by atoms with Crippen LogP contribution in [-0.4, -0.2) is 54.4 Å². The molecular formula is C47H62N4. The van der Waals surface area contributed by atoms with E-state index in [1.165, 1.54) is 56.0 Å². The molecule has 3 aromatic carbocycles. The quantitative estimate of drug-likeness (QED) is 0.279. The van der Waals surface area contributed by atoms with E-state index < -0.39 is 0 Å². The molecule has 0 spiro atoms. The predicted molar refractivity (Wildman–Crippen MR) is 224 cm³/mol. The van der Waals surface area contributed by atoms with Crippen molar-refractivity contribution in [1.82, 2.24) is 5.32 Å². The molecule has 2 aliphatic carbocycles. The van der Waals surface area contributed by atoms with E-state index in [1.807, 2.05) is 0 Å². The third kappa shape index (κ3) is 7.92. The van der Waals surface area contributed by atoms with Gasteiger partial charge in [-0.2, -0.15) is 0 Å². The zero-order valence-electron chi connectivity index (χ0n) is 33.4. The van der Waals surface area contributed by atoms with Crippen LogP contribution in [0.1, 0.15) is 77.5 Å². The van der Waals surface area contributed by atoms with Crippen LogP contribution in [0.4, 0.5) is 17.1 Å². The van der Waals surface area contributed by atoms with Crippen molar-refractivity contribution in [2.45, 2.75) is 72.9 Å². The average Bonchev–Trinajstić information content (AvgIpc) is 3.07. The van der Waals surface area contributed by atoms with Crippen LogP contribution in [0.5, 0.6) is 0 Å². The van der Waals surface area contributed by atoms with Gasteiger partial charge in [-0.1, -0.05) is 96.2 Å². The highest BCUT2D eigenvalue weighted by molar-refractivity contribution is 5.88. The fourth-order valence-corrected chi connectivity index (χ4v) is 8.15. The smallest absolute Gasteiger partial charge is 0.0549 e. The van der Waals surface area contributed by atoms with Crippen LogP contribution < -0.4 is 20.0 Å². The SMILES string of the molecule is CN(C)c1ccc(C=C2CC(C(C)(C)C)C=C3C(c4ccc(N(C)C)cc4)=C4CC(C(C)(C)C)CC(=Cc5ccc(N(C)C)cc5)C4NC23)cc1. The molecule has 1 saturated carbocycles.